The van der Waals surface area contributed by atoms with Crippen molar-refractivity contribution in [3.05, 3.63) is 29.8 Å². The quantitative estimate of drug-likeness (QED) is 0.869. The summed E-state index contributed by atoms with van der Waals surface area (Å²) in [6.45, 7) is 1.95. The zero-order valence-corrected chi connectivity index (χ0v) is 11.6. The van der Waals surface area contributed by atoms with Gasteiger partial charge in [-0.15, -0.1) is 0 Å². The molecule has 1 fully saturated rings. The maximum atomic E-state index is 12.1. The first-order valence-corrected chi connectivity index (χ1v) is 7.01. The molecule has 1 aliphatic rings. The summed E-state index contributed by atoms with van der Waals surface area (Å²) in [5.41, 5.74) is 1.07. The molecule has 1 heterocycles. The molecule has 1 N–H and O–H groups in total. The molecule has 3 nitrogen and oxygen atoms in total. The second-order valence-electron chi connectivity index (χ2n) is 5.13. The largest absolute Gasteiger partial charge is 0.435 e. The Morgan fingerprint density at radius 2 is 1.90 bits per heavy atom. The lowest BCUT2D eigenvalue weighted by molar-refractivity contribution is -0.0498. The summed E-state index contributed by atoms with van der Waals surface area (Å²) in [5, 5.41) is 3.48. The Morgan fingerprint density at radius 3 is 2.50 bits per heavy atom. The van der Waals surface area contributed by atoms with E-state index in [0.29, 0.717) is 5.92 Å². The van der Waals surface area contributed by atoms with Gasteiger partial charge in [0, 0.05) is 19.3 Å². The van der Waals surface area contributed by atoms with E-state index in [1.54, 1.807) is 12.1 Å². The second kappa shape index (κ2) is 7.55. The molecule has 0 bridgehead atoms. The first-order valence-electron chi connectivity index (χ1n) is 7.01. The molecule has 1 aliphatic heterocycles. The molecule has 20 heavy (non-hydrogen) atoms. The standard InChI is InChI=1S/C15H21F2NO2/c1-11(18-10-12-6-8-19-9-7-12)13-2-4-14(5-3-13)20-15(16)17/h2-5,11-12,15,18H,6-10H2,1H3. The van der Waals surface area contributed by atoms with Crippen LogP contribution in [-0.2, 0) is 4.74 Å². The molecule has 0 aliphatic carbocycles. The summed E-state index contributed by atoms with van der Waals surface area (Å²) in [7, 11) is 0. The molecule has 2 rings (SSSR count). The molecule has 0 aromatic heterocycles. The van der Waals surface area contributed by atoms with Crippen LogP contribution in [0, 0.1) is 5.92 Å². The van der Waals surface area contributed by atoms with E-state index in [-0.39, 0.29) is 11.8 Å². The first-order chi connectivity index (χ1) is 9.65. The summed E-state index contributed by atoms with van der Waals surface area (Å²) in [6, 6.07) is 6.99. The SMILES string of the molecule is CC(NCC1CCOCC1)c1ccc(OC(F)F)cc1. The summed E-state index contributed by atoms with van der Waals surface area (Å²) >= 11 is 0. The highest BCUT2D eigenvalue weighted by Gasteiger charge is 2.15. The average molecular weight is 285 g/mol. The zero-order valence-electron chi connectivity index (χ0n) is 11.6. The van der Waals surface area contributed by atoms with Crippen LogP contribution >= 0.6 is 0 Å². The van der Waals surface area contributed by atoms with Gasteiger partial charge in [-0.25, -0.2) is 0 Å². The van der Waals surface area contributed by atoms with Gasteiger partial charge in [0.2, 0.25) is 0 Å². The Bertz CT molecular complexity index is 391. The van der Waals surface area contributed by atoms with E-state index < -0.39 is 6.61 Å². The predicted molar refractivity (Wildman–Crippen MR) is 73.0 cm³/mol. The molecular formula is C15H21F2NO2. The van der Waals surface area contributed by atoms with Gasteiger partial charge in [-0.2, -0.15) is 8.78 Å². The van der Waals surface area contributed by atoms with Gasteiger partial charge in [-0.1, -0.05) is 12.1 Å². The summed E-state index contributed by atoms with van der Waals surface area (Å²) in [4.78, 5) is 0. The zero-order chi connectivity index (χ0) is 14.4. The van der Waals surface area contributed by atoms with E-state index in [1.165, 1.54) is 0 Å². The van der Waals surface area contributed by atoms with Crippen molar-refractivity contribution in [2.75, 3.05) is 19.8 Å². The van der Waals surface area contributed by atoms with Crippen LogP contribution in [0.15, 0.2) is 24.3 Å². The third kappa shape index (κ3) is 4.72. The van der Waals surface area contributed by atoms with Crippen molar-refractivity contribution in [3.8, 4) is 5.75 Å². The molecular weight excluding hydrogens is 264 g/mol. The monoisotopic (exact) mass is 285 g/mol. The maximum absolute atomic E-state index is 12.1. The summed E-state index contributed by atoms with van der Waals surface area (Å²) in [6.07, 6.45) is 2.20. The lowest BCUT2D eigenvalue weighted by atomic mass is 9.99. The minimum Gasteiger partial charge on any atom is -0.435 e. The topological polar surface area (TPSA) is 30.5 Å². The van der Waals surface area contributed by atoms with Crippen LogP contribution in [0.4, 0.5) is 8.78 Å². The molecule has 112 valence electrons. The lowest BCUT2D eigenvalue weighted by Crippen LogP contribution is -2.29. The number of nitrogens with one attached hydrogen (secondary N) is 1. The number of benzene rings is 1. The molecule has 1 saturated heterocycles. The van der Waals surface area contributed by atoms with Crippen molar-refractivity contribution >= 4 is 0 Å². The average Bonchev–Trinajstić information content (AvgIpc) is 2.46. The van der Waals surface area contributed by atoms with Gasteiger partial charge in [0.1, 0.15) is 5.75 Å². The van der Waals surface area contributed by atoms with Crippen LogP contribution in [0.1, 0.15) is 31.4 Å². The van der Waals surface area contributed by atoms with Gasteiger partial charge in [0.25, 0.3) is 0 Å². The summed E-state index contributed by atoms with van der Waals surface area (Å²) in [5.74, 6) is 0.855. The Kier molecular flexibility index (Phi) is 5.73. The fourth-order valence-corrected chi connectivity index (χ4v) is 2.35. The molecule has 0 radical (unpaired) electrons. The number of ether oxygens (including phenoxy) is 2. The van der Waals surface area contributed by atoms with E-state index in [2.05, 4.69) is 17.0 Å². The Hall–Kier alpha value is -1.20. The van der Waals surface area contributed by atoms with Crippen LogP contribution in [0.5, 0.6) is 5.75 Å². The van der Waals surface area contributed by atoms with Crippen LogP contribution in [0.2, 0.25) is 0 Å². The molecule has 0 saturated carbocycles. The lowest BCUT2D eigenvalue weighted by Gasteiger charge is -2.24. The first kappa shape index (κ1) is 15.2. The number of hydrogen-bond donors (Lipinski definition) is 1. The van der Waals surface area contributed by atoms with Gasteiger partial charge in [-0.05, 0) is 49.9 Å². The summed E-state index contributed by atoms with van der Waals surface area (Å²) < 4.78 is 33.8. The van der Waals surface area contributed by atoms with Crippen molar-refractivity contribution in [2.45, 2.75) is 32.4 Å². The van der Waals surface area contributed by atoms with Gasteiger partial charge in [0.15, 0.2) is 0 Å². The molecule has 0 spiro atoms. The highest BCUT2D eigenvalue weighted by molar-refractivity contribution is 5.28. The maximum Gasteiger partial charge on any atom is 0.387 e. The number of alkyl halides is 2. The fourth-order valence-electron chi connectivity index (χ4n) is 2.35. The van der Waals surface area contributed by atoms with Crippen LogP contribution in [-0.4, -0.2) is 26.4 Å². The number of halogens is 2. The van der Waals surface area contributed by atoms with E-state index in [4.69, 9.17) is 4.74 Å². The molecule has 1 unspecified atom stereocenters. The van der Waals surface area contributed by atoms with E-state index in [9.17, 15) is 8.78 Å². The predicted octanol–water partition coefficient (Wildman–Crippen LogP) is 3.37. The molecule has 0 amide bonds. The number of rotatable bonds is 6. The highest BCUT2D eigenvalue weighted by atomic mass is 19.3. The van der Waals surface area contributed by atoms with E-state index in [1.807, 2.05) is 12.1 Å². The third-order valence-corrected chi connectivity index (χ3v) is 3.66. The smallest absolute Gasteiger partial charge is 0.387 e. The van der Waals surface area contributed by atoms with Crippen molar-refractivity contribution in [3.63, 3.8) is 0 Å². The highest BCUT2D eigenvalue weighted by Crippen LogP contribution is 2.20. The van der Waals surface area contributed by atoms with Crippen LogP contribution in [0.3, 0.4) is 0 Å². The van der Waals surface area contributed by atoms with Gasteiger partial charge in [-0.3, -0.25) is 0 Å². The van der Waals surface area contributed by atoms with Crippen molar-refractivity contribution < 1.29 is 18.3 Å². The van der Waals surface area contributed by atoms with Crippen molar-refractivity contribution in [2.24, 2.45) is 5.92 Å². The Balaban J connectivity index is 1.80. The van der Waals surface area contributed by atoms with Gasteiger partial charge < -0.3 is 14.8 Å². The van der Waals surface area contributed by atoms with Crippen LogP contribution in [0.25, 0.3) is 0 Å². The minimum absolute atomic E-state index is 0.193. The van der Waals surface area contributed by atoms with Gasteiger partial charge in [0.05, 0.1) is 0 Å². The van der Waals surface area contributed by atoms with Crippen molar-refractivity contribution in [1.29, 1.82) is 0 Å². The molecule has 1 aromatic rings. The Labute approximate surface area is 118 Å². The van der Waals surface area contributed by atoms with Gasteiger partial charge >= 0.3 is 6.61 Å². The van der Waals surface area contributed by atoms with Crippen molar-refractivity contribution in [1.82, 2.24) is 5.32 Å². The minimum atomic E-state index is -2.77. The Morgan fingerprint density at radius 1 is 1.25 bits per heavy atom. The number of hydrogen-bond acceptors (Lipinski definition) is 3. The fraction of sp³-hybridized carbons (Fsp3) is 0.600. The van der Waals surface area contributed by atoms with E-state index in [0.717, 1.165) is 38.2 Å². The third-order valence-electron chi connectivity index (χ3n) is 3.66. The molecule has 1 atom stereocenters. The molecule has 1 aromatic carbocycles. The van der Waals surface area contributed by atoms with Crippen LogP contribution < -0.4 is 10.1 Å². The molecule has 5 heteroatoms. The second-order valence-corrected chi connectivity index (χ2v) is 5.13. The van der Waals surface area contributed by atoms with E-state index >= 15 is 0 Å². The normalized spacial score (nSPS) is 18.2.